The molecular formula is C19H20N2O4S. The van der Waals surface area contributed by atoms with Crippen LogP contribution in [0.15, 0.2) is 41.8 Å². The number of benzene rings is 1. The number of aliphatic carboxylic acids is 1. The van der Waals surface area contributed by atoms with Gasteiger partial charge in [0.1, 0.15) is 0 Å². The lowest BCUT2D eigenvalue weighted by Gasteiger charge is -2.17. The number of carbonyl (C=O) groups excluding carboxylic acids is 2. The molecule has 1 aromatic heterocycles. The Morgan fingerprint density at radius 3 is 2.58 bits per heavy atom. The molecule has 1 aliphatic heterocycles. The van der Waals surface area contributed by atoms with Gasteiger partial charge in [-0.25, -0.2) is 0 Å². The summed E-state index contributed by atoms with van der Waals surface area (Å²) in [6.07, 6.45) is 1.46. The van der Waals surface area contributed by atoms with E-state index in [2.05, 4.69) is 5.32 Å². The third kappa shape index (κ3) is 4.49. The minimum atomic E-state index is -0.955. The smallest absolute Gasteiger partial charge is 0.305 e. The summed E-state index contributed by atoms with van der Waals surface area (Å²) in [6, 6.07) is 10.5. The van der Waals surface area contributed by atoms with E-state index in [4.69, 9.17) is 5.11 Å². The third-order valence-electron chi connectivity index (χ3n) is 4.29. The van der Waals surface area contributed by atoms with Crippen molar-refractivity contribution in [3.05, 3.63) is 52.2 Å². The van der Waals surface area contributed by atoms with Crippen LogP contribution in [0.3, 0.4) is 0 Å². The van der Waals surface area contributed by atoms with Gasteiger partial charge < -0.3 is 15.3 Å². The van der Waals surface area contributed by atoms with Crippen LogP contribution in [-0.4, -0.2) is 29.4 Å². The molecule has 7 heteroatoms. The van der Waals surface area contributed by atoms with Crippen LogP contribution >= 0.6 is 11.3 Å². The van der Waals surface area contributed by atoms with Crippen molar-refractivity contribution in [2.75, 3.05) is 11.4 Å². The first kappa shape index (κ1) is 18.1. The summed E-state index contributed by atoms with van der Waals surface area (Å²) in [5.41, 5.74) is 1.66. The highest BCUT2D eigenvalue weighted by atomic mass is 32.1. The molecule has 0 saturated carbocycles. The van der Waals surface area contributed by atoms with Gasteiger partial charge in [-0.3, -0.25) is 14.4 Å². The van der Waals surface area contributed by atoms with Crippen molar-refractivity contribution in [3.63, 3.8) is 0 Å². The minimum Gasteiger partial charge on any atom is -0.481 e. The molecule has 0 aliphatic carbocycles. The third-order valence-corrected chi connectivity index (χ3v) is 5.27. The van der Waals surface area contributed by atoms with Crippen molar-refractivity contribution < 1.29 is 19.5 Å². The molecule has 2 heterocycles. The number of anilines is 1. The van der Waals surface area contributed by atoms with Crippen molar-refractivity contribution in [1.82, 2.24) is 5.32 Å². The highest BCUT2D eigenvalue weighted by Gasteiger charge is 2.22. The van der Waals surface area contributed by atoms with Gasteiger partial charge in [-0.05, 0) is 35.6 Å². The van der Waals surface area contributed by atoms with Crippen LogP contribution in [0.5, 0.6) is 0 Å². The predicted octanol–water partition coefficient (Wildman–Crippen LogP) is 2.75. The second-order valence-corrected chi connectivity index (χ2v) is 7.20. The molecule has 0 radical (unpaired) electrons. The van der Waals surface area contributed by atoms with Gasteiger partial charge in [0.15, 0.2) is 0 Å². The maximum absolute atomic E-state index is 12.3. The van der Waals surface area contributed by atoms with Crippen LogP contribution in [0.4, 0.5) is 5.69 Å². The van der Waals surface area contributed by atoms with Crippen LogP contribution in [-0.2, 0) is 20.8 Å². The van der Waals surface area contributed by atoms with E-state index in [1.54, 1.807) is 4.90 Å². The van der Waals surface area contributed by atoms with E-state index >= 15 is 0 Å². The summed E-state index contributed by atoms with van der Waals surface area (Å²) in [4.78, 5) is 37.7. The van der Waals surface area contributed by atoms with E-state index in [0.717, 1.165) is 29.1 Å². The molecule has 26 heavy (non-hydrogen) atoms. The Morgan fingerprint density at radius 2 is 2.00 bits per heavy atom. The van der Waals surface area contributed by atoms with E-state index in [1.807, 2.05) is 41.8 Å². The number of hydrogen-bond donors (Lipinski definition) is 2. The van der Waals surface area contributed by atoms with Crippen molar-refractivity contribution in [3.8, 4) is 0 Å². The molecular weight excluding hydrogens is 352 g/mol. The minimum absolute atomic E-state index is 0.128. The highest BCUT2D eigenvalue weighted by Crippen LogP contribution is 2.23. The predicted molar refractivity (Wildman–Crippen MR) is 99.2 cm³/mol. The lowest BCUT2D eigenvalue weighted by atomic mass is 10.1. The quantitative estimate of drug-likeness (QED) is 0.782. The van der Waals surface area contributed by atoms with Gasteiger partial charge in [0.25, 0.3) is 0 Å². The zero-order valence-electron chi connectivity index (χ0n) is 14.2. The van der Waals surface area contributed by atoms with Crippen LogP contribution in [0.2, 0.25) is 0 Å². The summed E-state index contributed by atoms with van der Waals surface area (Å²) < 4.78 is 0. The second-order valence-electron chi connectivity index (χ2n) is 6.23. The molecule has 1 aliphatic rings. The van der Waals surface area contributed by atoms with Crippen LogP contribution in [0.25, 0.3) is 0 Å². The average molecular weight is 372 g/mol. The molecule has 1 aromatic carbocycles. The Hall–Kier alpha value is -2.67. The van der Waals surface area contributed by atoms with Crippen LogP contribution < -0.4 is 10.2 Å². The molecule has 6 nitrogen and oxygen atoms in total. The SMILES string of the molecule is O=C(O)C[C@H](NC(=O)Cc1ccc(N2CCCC2=O)cc1)c1cccs1. The van der Waals surface area contributed by atoms with Crippen LogP contribution in [0, 0.1) is 0 Å². The zero-order valence-corrected chi connectivity index (χ0v) is 15.0. The van der Waals surface area contributed by atoms with Gasteiger partial charge in [-0.1, -0.05) is 18.2 Å². The molecule has 1 saturated heterocycles. The molecule has 2 N–H and O–H groups in total. The van der Waals surface area contributed by atoms with E-state index in [9.17, 15) is 14.4 Å². The number of carboxylic acids is 1. The van der Waals surface area contributed by atoms with Crippen molar-refractivity contribution in [2.45, 2.75) is 31.7 Å². The van der Waals surface area contributed by atoms with Crippen molar-refractivity contribution in [2.24, 2.45) is 0 Å². The van der Waals surface area contributed by atoms with E-state index in [-0.39, 0.29) is 24.7 Å². The second kappa shape index (κ2) is 8.14. The molecule has 0 spiro atoms. The molecule has 0 unspecified atom stereocenters. The van der Waals surface area contributed by atoms with Crippen LogP contribution in [0.1, 0.15) is 35.7 Å². The number of carboxylic acid groups (broad SMARTS) is 1. The summed E-state index contributed by atoms with van der Waals surface area (Å²) in [6.45, 7) is 0.732. The van der Waals surface area contributed by atoms with E-state index in [1.165, 1.54) is 11.3 Å². The zero-order chi connectivity index (χ0) is 18.5. The Morgan fingerprint density at radius 1 is 1.23 bits per heavy atom. The van der Waals surface area contributed by atoms with Crippen molar-refractivity contribution in [1.29, 1.82) is 0 Å². The molecule has 136 valence electrons. The summed E-state index contributed by atoms with van der Waals surface area (Å²) in [5, 5.41) is 13.7. The fourth-order valence-electron chi connectivity index (χ4n) is 3.03. The number of thiophene rings is 1. The van der Waals surface area contributed by atoms with Gasteiger partial charge in [-0.2, -0.15) is 0 Å². The van der Waals surface area contributed by atoms with Gasteiger partial charge in [0.2, 0.25) is 11.8 Å². The average Bonchev–Trinajstić information content (AvgIpc) is 3.26. The van der Waals surface area contributed by atoms with Crippen molar-refractivity contribution >= 4 is 34.8 Å². The van der Waals surface area contributed by atoms with Gasteiger partial charge in [-0.15, -0.1) is 11.3 Å². The summed E-state index contributed by atoms with van der Waals surface area (Å²) in [5.74, 6) is -1.05. The lowest BCUT2D eigenvalue weighted by Crippen LogP contribution is -2.31. The number of amides is 2. The number of nitrogens with one attached hydrogen (secondary N) is 1. The Balaban J connectivity index is 1.61. The standard InChI is InChI=1S/C19H20N2O4S/c22-17(20-15(12-19(24)25)16-3-2-10-26-16)11-13-5-7-14(8-6-13)21-9-1-4-18(21)23/h2-3,5-8,10,15H,1,4,9,11-12H2,(H,20,22)(H,24,25)/t15-/m0/s1. The number of rotatable bonds is 7. The molecule has 2 amide bonds. The summed E-state index contributed by atoms with van der Waals surface area (Å²) in [7, 11) is 0. The molecule has 0 bridgehead atoms. The Kier molecular flexibility index (Phi) is 5.68. The lowest BCUT2D eigenvalue weighted by molar-refractivity contribution is -0.137. The van der Waals surface area contributed by atoms with E-state index in [0.29, 0.717) is 6.42 Å². The fourth-order valence-corrected chi connectivity index (χ4v) is 3.81. The first-order valence-corrected chi connectivity index (χ1v) is 9.35. The normalized spacial score (nSPS) is 15.1. The Bertz CT molecular complexity index is 786. The topological polar surface area (TPSA) is 86.7 Å². The maximum Gasteiger partial charge on any atom is 0.305 e. The largest absolute Gasteiger partial charge is 0.481 e. The molecule has 2 aromatic rings. The number of nitrogens with zero attached hydrogens (tertiary/aromatic N) is 1. The summed E-state index contributed by atoms with van der Waals surface area (Å²) >= 11 is 1.42. The first-order valence-electron chi connectivity index (χ1n) is 8.47. The molecule has 1 fully saturated rings. The monoisotopic (exact) mass is 372 g/mol. The molecule has 1 atom stereocenters. The number of carbonyl (C=O) groups is 3. The number of hydrogen-bond acceptors (Lipinski definition) is 4. The molecule has 3 rings (SSSR count). The fraction of sp³-hybridized carbons (Fsp3) is 0.316. The van der Waals surface area contributed by atoms with Gasteiger partial charge >= 0.3 is 5.97 Å². The Labute approximate surface area is 155 Å². The highest BCUT2D eigenvalue weighted by molar-refractivity contribution is 7.10. The first-order chi connectivity index (χ1) is 12.5. The van der Waals surface area contributed by atoms with Gasteiger partial charge in [0.05, 0.1) is 18.9 Å². The van der Waals surface area contributed by atoms with Gasteiger partial charge in [0, 0.05) is 23.5 Å². The van der Waals surface area contributed by atoms with E-state index < -0.39 is 12.0 Å². The maximum atomic E-state index is 12.3.